The fraction of sp³-hybridized carbons (Fsp3) is 0.818. The molecule has 3 N–H and O–H groups in total. The maximum atomic E-state index is 11.1. The Morgan fingerprint density at radius 3 is 3.06 bits per heavy atom. The molecule has 0 aliphatic heterocycles. The second-order valence-electron chi connectivity index (χ2n) is 4.27. The Hall–Kier alpha value is -1.10. The highest BCUT2D eigenvalue weighted by Gasteiger charge is 2.37. The number of ether oxygens (including phenoxy) is 1. The van der Waals surface area contributed by atoms with Crippen molar-refractivity contribution in [3.05, 3.63) is 0 Å². The molecule has 0 aromatic heterocycles. The summed E-state index contributed by atoms with van der Waals surface area (Å²) in [6, 6.07) is -0.0323. The van der Waals surface area contributed by atoms with Crippen molar-refractivity contribution in [1.29, 1.82) is 0 Å². The molecule has 2 atom stereocenters. The summed E-state index contributed by atoms with van der Waals surface area (Å²) in [4.78, 5) is 15.3. The van der Waals surface area contributed by atoms with Crippen LogP contribution in [0.5, 0.6) is 0 Å². The summed E-state index contributed by atoms with van der Waals surface area (Å²) in [7, 11) is 0. The molecule has 0 radical (unpaired) electrons. The van der Waals surface area contributed by atoms with E-state index in [2.05, 4.69) is 4.99 Å². The molecule has 1 aliphatic rings. The van der Waals surface area contributed by atoms with Crippen LogP contribution >= 0.6 is 0 Å². The SMILES string of the molecule is CCOC=NC1CCCCC(N)(C(=O)O)C1. The zero-order valence-electron chi connectivity index (χ0n) is 9.69. The monoisotopic (exact) mass is 228 g/mol. The number of hydrogen-bond acceptors (Lipinski definition) is 4. The molecule has 5 heteroatoms. The third kappa shape index (κ3) is 3.48. The molecule has 5 nitrogen and oxygen atoms in total. The van der Waals surface area contributed by atoms with Crippen molar-refractivity contribution < 1.29 is 14.6 Å². The topological polar surface area (TPSA) is 84.9 Å². The molecule has 2 unspecified atom stereocenters. The predicted molar refractivity (Wildman–Crippen MR) is 61.5 cm³/mol. The molecule has 0 bridgehead atoms. The van der Waals surface area contributed by atoms with Crippen molar-refractivity contribution in [2.75, 3.05) is 6.61 Å². The van der Waals surface area contributed by atoms with Crippen LogP contribution in [-0.4, -0.2) is 35.7 Å². The van der Waals surface area contributed by atoms with Crippen molar-refractivity contribution in [3.8, 4) is 0 Å². The third-order valence-electron chi connectivity index (χ3n) is 2.95. The first-order valence-corrected chi connectivity index (χ1v) is 5.74. The van der Waals surface area contributed by atoms with Gasteiger partial charge in [0.1, 0.15) is 5.54 Å². The van der Waals surface area contributed by atoms with Crippen LogP contribution in [0.4, 0.5) is 0 Å². The van der Waals surface area contributed by atoms with Gasteiger partial charge in [-0.2, -0.15) is 0 Å². The van der Waals surface area contributed by atoms with Crippen LogP contribution in [0, 0.1) is 0 Å². The van der Waals surface area contributed by atoms with Crippen LogP contribution in [0.1, 0.15) is 39.0 Å². The van der Waals surface area contributed by atoms with Gasteiger partial charge in [-0.1, -0.05) is 12.8 Å². The Labute approximate surface area is 95.7 Å². The molecular weight excluding hydrogens is 208 g/mol. The summed E-state index contributed by atoms with van der Waals surface area (Å²) >= 11 is 0. The van der Waals surface area contributed by atoms with Gasteiger partial charge in [0, 0.05) is 0 Å². The molecule has 92 valence electrons. The van der Waals surface area contributed by atoms with E-state index in [0.717, 1.165) is 19.3 Å². The molecule has 0 heterocycles. The number of aliphatic imine (C=N–C) groups is 1. The molecule has 1 rings (SSSR count). The lowest BCUT2D eigenvalue weighted by Gasteiger charge is -2.24. The Morgan fingerprint density at radius 2 is 2.44 bits per heavy atom. The molecular formula is C11H20N2O3. The van der Waals surface area contributed by atoms with Crippen LogP contribution in [0.25, 0.3) is 0 Å². The second kappa shape index (κ2) is 5.84. The lowest BCUT2D eigenvalue weighted by atomic mass is 9.90. The summed E-state index contributed by atoms with van der Waals surface area (Å²) in [6.45, 7) is 2.45. The highest BCUT2D eigenvalue weighted by Crippen LogP contribution is 2.27. The molecule has 0 aromatic carbocycles. The fourth-order valence-corrected chi connectivity index (χ4v) is 1.97. The molecule has 0 amide bonds. The fourth-order valence-electron chi connectivity index (χ4n) is 1.97. The molecule has 16 heavy (non-hydrogen) atoms. The van der Waals surface area contributed by atoms with Crippen molar-refractivity contribution in [2.24, 2.45) is 10.7 Å². The average molecular weight is 228 g/mol. The Balaban J connectivity index is 2.62. The average Bonchev–Trinajstić information content (AvgIpc) is 2.42. The second-order valence-corrected chi connectivity index (χ2v) is 4.27. The van der Waals surface area contributed by atoms with Crippen LogP contribution in [0.3, 0.4) is 0 Å². The lowest BCUT2D eigenvalue weighted by molar-refractivity contribution is -0.144. The van der Waals surface area contributed by atoms with Gasteiger partial charge in [0.2, 0.25) is 0 Å². The van der Waals surface area contributed by atoms with Gasteiger partial charge in [-0.15, -0.1) is 0 Å². The van der Waals surface area contributed by atoms with E-state index in [1.165, 1.54) is 6.40 Å². The number of carboxylic acid groups (broad SMARTS) is 1. The number of carboxylic acids is 1. The van der Waals surface area contributed by atoms with E-state index in [4.69, 9.17) is 15.6 Å². The molecule has 1 fully saturated rings. The van der Waals surface area contributed by atoms with Gasteiger partial charge >= 0.3 is 5.97 Å². The summed E-state index contributed by atoms with van der Waals surface area (Å²) < 4.78 is 5.03. The van der Waals surface area contributed by atoms with E-state index in [9.17, 15) is 4.79 Å². The molecule has 1 aliphatic carbocycles. The van der Waals surface area contributed by atoms with E-state index < -0.39 is 11.5 Å². The first-order valence-electron chi connectivity index (χ1n) is 5.74. The number of aliphatic carboxylic acids is 1. The molecule has 1 saturated carbocycles. The summed E-state index contributed by atoms with van der Waals surface area (Å²) in [6.07, 6.45) is 5.05. The smallest absolute Gasteiger partial charge is 0.323 e. The van der Waals surface area contributed by atoms with E-state index >= 15 is 0 Å². The van der Waals surface area contributed by atoms with Gasteiger partial charge in [-0.05, 0) is 26.2 Å². The number of hydrogen-bond donors (Lipinski definition) is 2. The van der Waals surface area contributed by atoms with Crippen LogP contribution in [0.15, 0.2) is 4.99 Å². The largest absolute Gasteiger partial charge is 0.484 e. The number of rotatable bonds is 4. The van der Waals surface area contributed by atoms with Crippen LogP contribution in [-0.2, 0) is 9.53 Å². The Morgan fingerprint density at radius 1 is 1.69 bits per heavy atom. The highest BCUT2D eigenvalue weighted by atomic mass is 16.5. The normalized spacial score (nSPS) is 31.2. The number of nitrogens with zero attached hydrogens (tertiary/aromatic N) is 1. The summed E-state index contributed by atoms with van der Waals surface area (Å²) in [5, 5.41) is 9.10. The van der Waals surface area contributed by atoms with Crippen molar-refractivity contribution in [1.82, 2.24) is 0 Å². The number of nitrogens with two attached hydrogens (primary N) is 1. The van der Waals surface area contributed by atoms with Crippen LogP contribution in [0.2, 0.25) is 0 Å². The van der Waals surface area contributed by atoms with Gasteiger partial charge in [0.15, 0.2) is 6.40 Å². The van der Waals surface area contributed by atoms with E-state index in [1.807, 2.05) is 6.92 Å². The molecule has 0 saturated heterocycles. The Bertz CT molecular complexity index is 268. The van der Waals surface area contributed by atoms with Crippen molar-refractivity contribution in [2.45, 2.75) is 50.6 Å². The van der Waals surface area contributed by atoms with Gasteiger partial charge in [-0.3, -0.25) is 9.79 Å². The first kappa shape index (κ1) is 13.0. The van der Waals surface area contributed by atoms with Crippen LogP contribution < -0.4 is 5.73 Å². The van der Waals surface area contributed by atoms with Gasteiger partial charge in [0.25, 0.3) is 0 Å². The highest BCUT2D eigenvalue weighted by molar-refractivity contribution is 5.78. The van der Waals surface area contributed by atoms with Gasteiger partial charge in [-0.25, -0.2) is 0 Å². The molecule has 0 spiro atoms. The maximum Gasteiger partial charge on any atom is 0.323 e. The minimum absolute atomic E-state index is 0.0323. The van der Waals surface area contributed by atoms with Crippen molar-refractivity contribution >= 4 is 12.4 Å². The van der Waals surface area contributed by atoms with E-state index in [1.54, 1.807) is 0 Å². The van der Waals surface area contributed by atoms with Gasteiger partial charge < -0.3 is 15.6 Å². The zero-order chi connectivity index (χ0) is 12.0. The number of carbonyl (C=O) groups is 1. The maximum absolute atomic E-state index is 11.1. The zero-order valence-corrected chi connectivity index (χ0v) is 9.69. The predicted octanol–water partition coefficient (Wildman–Crippen LogP) is 1.17. The lowest BCUT2D eigenvalue weighted by Crippen LogP contribution is -2.49. The quantitative estimate of drug-likeness (QED) is 0.429. The molecule has 0 aromatic rings. The Kier molecular flexibility index (Phi) is 4.73. The summed E-state index contributed by atoms with van der Waals surface area (Å²) in [5.41, 5.74) is 4.76. The standard InChI is InChI=1S/C11H20N2O3/c1-2-16-8-13-9-5-3-4-6-11(12,7-9)10(14)15/h8-9H,2-7,12H2,1H3,(H,14,15). The van der Waals surface area contributed by atoms with E-state index in [-0.39, 0.29) is 6.04 Å². The third-order valence-corrected chi connectivity index (χ3v) is 2.95. The summed E-state index contributed by atoms with van der Waals surface area (Å²) in [5.74, 6) is -0.925. The van der Waals surface area contributed by atoms with E-state index in [0.29, 0.717) is 19.4 Å². The van der Waals surface area contributed by atoms with Crippen molar-refractivity contribution in [3.63, 3.8) is 0 Å². The minimum Gasteiger partial charge on any atom is -0.484 e. The van der Waals surface area contributed by atoms with Gasteiger partial charge in [0.05, 0.1) is 12.6 Å². The minimum atomic E-state index is -1.12. The first-order chi connectivity index (χ1) is 7.58.